The van der Waals surface area contributed by atoms with E-state index in [0.29, 0.717) is 18.3 Å². The lowest BCUT2D eigenvalue weighted by molar-refractivity contribution is -0.152. The molecule has 1 N–H and O–H groups in total. The van der Waals surface area contributed by atoms with E-state index in [1.54, 1.807) is 0 Å². The van der Waals surface area contributed by atoms with Gasteiger partial charge < -0.3 is 14.5 Å². The van der Waals surface area contributed by atoms with Crippen molar-refractivity contribution >= 4 is 20.2 Å². The van der Waals surface area contributed by atoms with Crippen molar-refractivity contribution in [3.05, 3.63) is 0 Å². The zero-order chi connectivity index (χ0) is 25.6. The number of carbonyl (C=O) groups excluding carboxylic acids is 2. The van der Waals surface area contributed by atoms with Crippen molar-refractivity contribution in [2.75, 3.05) is 0 Å². The number of ether oxygens (including phenoxy) is 1. The summed E-state index contributed by atoms with van der Waals surface area (Å²) >= 11 is 0. The second-order valence-electron chi connectivity index (χ2n) is 14.2. The molecule has 0 aromatic heterocycles. The number of hydrogen-bond donors (Lipinski definition) is 1. The van der Waals surface area contributed by atoms with E-state index in [-0.39, 0.29) is 22.7 Å². The van der Waals surface area contributed by atoms with E-state index in [1.165, 1.54) is 38.5 Å². The quantitative estimate of drug-likeness (QED) is 0.362. The molecule has 3 aliphatic rings. The Kier molecular flexibility index (Phi) is 7.77. The zero-order valence-electron chi connectivity index (χ0n) is 23.4. The number of amides is 1. The fourth-order valence-electron chi connectivity index (χ4n) is 7.29. The molecule has 0 radical (unpaired) electrons. The van der Waals surface area contributed by atoms with Gasteiger partial charge in [0.15, 0.2) is 14.1 Å². The molecule has 0 spiro atoms. The number of fused-ring (bicyclic) bond motifs is 2. The van der Waals surface area contributed by atoms with Crippen LogP contribution in [0.15, 0.2) is 0 Å². The lowest BCUT2D eigenvalue weighted by atomic mass is 9.62. The van der Waals surface area contributed by atoms with Gasteiger partial charge in [-0.1, -0.05) is 52.9 Å². The SMILES string of the molecule is CC(C)(C)OC(=O)N[C@@H](CC(=O)[C@]1(O[Si](C)(C)C)C[C@H]2CC[C@]1(C)C2(C)C)CC1CCCCC1. The van der Waals surface area contributed by atoms with Crippen LogP contribution in [0.2, 0.25) is 19.6 Å². The van der Waals surface area contributed by atoms with Crippen LogP contribution in [0.5, 0.6) is 0 Å². The van der Waals surface area contributed by atoms with E-state index in [1.807, 2.05) is 20.8 Å². The Morgan fingerprint density at radius 2 is 1.65 bits per heavy atom. The highest BCUT2D eigenvalue weighted by Gasteiger charge is 2.72. The Hall–Kier alpha value is -0.883. The van der Waals surface area contributed by atoms with Gasteiger partial charge >= 0.3 is 6.09 Å². The summed E-state index contributed by atoms with van der Waals surface area (Å²) in [6.07, 6.45) is 9.94. The lowest BCUT2D eigenvalue weighted by Gasteiger charge is -2.50. The molecule has 3 aliphatic carbocycles. The lowest BCUT2D eigenvalue weighted by Crippen LogP contribution is -2.59. The smallest absolute Gasteiger partial charge is 0.407 e. The van der Waals surface area contributed by atoms with Gasteiger partial charge in [-0.2, -0.15) is 0 Å². The first-order valence-electron chi connectivity index (χ1n) is 13.7. The molecule has 196 valence electrons. The highest BCUT2D eigenvalue weighted by molar-refractivity contribution is 6.70. The third kappa shape index (κ3) is 5.58. The van der Waals surface area contributed by atoms with Crippen LogP contribution in [0.25, 0.3) is 0 Å². The van der Waals surface area contributed by atoms with E-state index in [9.17, 15) is 9.59 Å². The van der Waals surface area contributed by atoms with Crippen LogP contribution in [0, 0.1) is 22.7 Å². The maximum absolute atomic E-state index is 14.4. The van der Waals surface area contributed by atoms with Gasteiger partial charge in [0.1, 0.15) is 11.2 Å². The van der Waals surface area contributed by atoms with E-state index in [4.69, 9.17) is 9.16 Å². The number of Topliss-reactive ketones (excluding diaryl/α,β-unsaturated/α-hetero) is 1. The van der Waals surface area contributed by atoms with Crippen LogP contribution in [0.1, 0.15) is 106 Å². The van der Waals surface area contributed by atoms with Crippen LogP contribution < -0.4 is 5.32 Å². The zero-order valence-corrected chi connectivity index (χ0v) is 24.4. The molecule has 0 aliphatic heterocycles. The molecule has 0 heterocycles. The predicted octanol–water partition coefficient (Wildman–Crippen LogP) is 7.25. The van der Waals surface area contributed by atoms with Gasteiger partial charge in [-0.25, -0.2) is 4.79 Å². The highest BCUT2D eigenvalue weighted by atomic mass is 28.4. The second kappa shape index (κ2) is 9.53. The second-order valence-corrected chi connectivity index (χ2v) is 18.7. The minimum atomic E-state index is -1.99. The maximum Gasteiger partial charge on any atom is 0.407 e. The number of alkyl carbamates (subject to hydrolysis) is 1. The van der Waals surface area contributed by atoms with Gasteiger partial charge in [0.05, 0.1) is 0 Å². The van der Waals surface area contributed by atoms with Crippen molar-refractivity contribution in [1.29, 1.82) is 0 Å². The van der Waals surface area contributed by atoms with Crippen LogP contribution >= 0.6 is 0 Å². The number of ketones is 1. The molecule has 34 heavy (non-hydrogen) atoms. The minimum absolute atomic E-state index is 0.0692. The number of carbonyl (C=O) groups is 2. The summed E-state index contributed by atoms with van der Waals surface area (Å²) in [4.78, 5) is 27.1. The molecule has 1 amide bonds. The largest absolute Gasteiger partial charge is 0.444 e. The molecule has 3 rings (SSSR count). The predicted molar refractivity (Wildman–Crippen MR) is 140 cm³/mol. The monoisotopic (exact) mass is 493 g/mol. The summed E-state index contributed by atoms with van der Waals surface area (Å²) in [6, 6.07) is -0.210. The molecular weight excluding hydrogens is 442 g/mol. The van der Waals surface area contributed by atoms with Crippen molar-refractivity contribution in [3.8, 4) is 0 Å². The van der Waals surface area contributed by atoms with Crippen molar-refractivity contribution in [2.45, 2.75) is 143 Å². The molecule has 3 saturated carbocycles. The highest BCUT2D eigenvalue weighted by Crippen LogP contribution is 2.71. The van der Waals surface area contributed by atoms with Crippen molar-refractivity contribution < 1.29 is 18.8 Å². The van der Waals surface area contributed by atoms with Gasteiger partial charge in [0.25, 0.3) is 0 Å². The maximum atomic E-state index is 14.4. The molecule has 0 aromatic rings. The third-order valence-corrected chi connectivity index (χ3v) is 10.2. The average Bonchev–Trinajstić information content (AvgIpc) is 2.98. The Morgan fingerprint density at radius 1 is 1.03 bits per heavy atom. The third-order valence-electron chi connectivity index (χ3n) is 9.29. The molecule has 0 unspecified atom stereocenters. The molecule has 0 saturated heterocycles. The van der Waals surface area contributed by atoms with Crippen molar-refractivity contribution in [1.82, 2.24) is 5.32 Å². The number of rotatable bonds is 8. The Bertz CT molecular complexity index is 761. The van der Waals surface area contributed by atoms with Crippen LogP contribution in [-0.4, -0.2) is 37.4 Å². The van der Waals surface area contributed by atoms with Gasteiger partial charge in [-0.3, -0.25) is 4.79 Å². The summed E-state index contributed by atoms with van der Waals surface area (Å²) in [5.74, 6) is 1.26. The van der Waals surface area contributed by atoms with E-state index in [0.717, 1.165) is 19.3 Å². The first-order valence-corrected chi connectivity index (χ1v) is 17.1. The van der Waals surface area contributed by atoms with E-state index >= 15 is 0 Å². The number of nitrogens with one attached hydrogen (secondary N) is 1. The van der Waals surface area contributed by atoms with Gasteiger partial charge in [-0.05, 0) is 83.3 Å². The van der Waals surface area contributed by atoms with Crippen LogP contribution in [-0.2, 0) is 14.0 Å². The molecule has 0 aromatic carbocycles. The van der Waals surface area contributed by atoms with Gasteiger partial charge in [-0.15, -0.1) is 0 Å². The minimum Gasteiger partial charge on any atom is -0.444 e. The van der Waals surface area contributed by atoms with Gasteiger partial charge in [0, 0.05) is 17.9 Å². The molecule has 6 heteroatoms. The first kappa shape index (κ1) is 27.7. The van der Waals surface area contributed by atoms with Crippen molar-refractivity contribution in [2.24, 2.45) is 22.7 Å². The fourth-order valence-corrected chi connectivity index (χ4v) is 8.75. The fraction of sp³-hybridized carbons (Fsp3) is 0.929. The van der Waals surface area contributed by atoms with E-state index in [2.05, 4.69) is 45.7 Å². The summed E-state index contributed by atoms with van der Waals surface area (Å²) in [5, 5.41) is 3.11. The Morgan fingerprint density at radius 3 is 2.12 bits per heavy atom. The molecule has 3 fully saturated rings. The summed E-state index contributed by atoms with van der Waals surface area (Å²) in [7, 11) is -1.99. The average molecular weight is 494 g/mol. The summed E-state index contributed by atoms with van der Waals surface area (Å²) < 4.78 is 12.5. The Labute approximate surface area is 209 Å². The standard InChI is InChI=1S/C28H51NO4Si/c1-25(2,3)32-24(31)29-22(17-20-13-11-10-12-14-20)18-23(30)28(33-34(7,8)9)19-21-15-16-27(28,6)26(21,4)5/h20-22H,10-19H2,1-9H3,(H,29,31)/t21-,22-,27-,28-/m1/s1. The van der Waals surface area contributed by atoms with Crippen molar-refractivity contribution in [3.63, 3.8) is 0 Å². The Balaban J connectivity index is 1.86. The summed E-state index contributed by atoms with van der Waals surface area (Å²) in [6.45, 7) is 19.2. The topological polar surface area (TPSA) is 64.6 Å². The molecule has 5 nitrogen and oxygen atoms in total. The van der Waals surface area contributed by atoms with Crippen LogP contribution in [0.4, 0.5) is 4.79 Å². The molecule has 4 atom stereocenters. The first-order chi connectivity index (χ1) is 15.5. The van der Waals surface area contributed by atoms with Crippen LogP contribution in [0.3, 0.4) is 0 Å². The van der Waals surface area contributed by atoms with E-state index < -0.39 is 25.6 Å². The molecule has 2 bridgehead atoms. The van der Waals surface area contributed by atoms with Gasteiger partial charge in [0.2, 0.25) is 0 Å². The number of hydrogen-bond acceptors (Lipinski definition) is 4. The molecular formula is C28H51NO4Si. The summed E-state index contributed by atoms with van der Waals surface area (Å²) in [5.41, 5.74) is -1.42. The normalized spacial score (nSPS) is 32.4.